The van der Waals surface area contributed by atoms with E-state index in [9.17, 15) is 17.8 Å². The predicted octanol–water partition coefficient (Wildman–Crippen LogP) is 2.83. The standard InChI is InChI=1S/C15H24O4S/c1-10(16)14(20(17,18)19)2-3-15-7-11-4-12(8-15)6-13(5-11)9-15/h11-14H,2-9H2,1H3,(H,17,18,19). The molecule has 4 aliphatic rings. The van der Waals surface area contributed by atoms with E-state index < -0.39 is 21.2 Å². The summed E-state index contributed by atoms with van der Waals surface area (Å²) in [5, 5.41) is -1.21. The van der Waals surface area contributed by atoms with Gasteiger partial charge in [0.25, 0.3) is 10.1 Å². The Labute approximate surface area is 121 Å². The van der Waals surface area contributed by atoms with Crippen LogP contribution in [-0.4, -0.2) is 24.0 Å². The van der Waals surface area contributed by atoms with E-state index in [1.807, 2.05) is 0 Å². The Bertz CT molecular complexity index is 473. The third-order valence-corrected chi connectivity index (χ3v) is 7.20. The second kappa shape index (κ2) is 4.80. The van der Waals surface area contributed by atoms with E-state index in [0.29, 0.717) is 6.42 Å². The lowest BCUT2D eigenvalue weighted by molar-refractivity contribution is -0.117. The van der Waals surface area contributed by atoms with Gasteiger partial charge in [0.05, 0.1) is 0 Å². The van der Waals surface area contributed by atoms with E-state index in [4.69, 9.17) is 0 Å². The third-order valence-electron chi connectivity index (χ3n) is 5.91. The fourth-order valence-corrected chi connectivity index (χ4v) is 6.43. The Morgan fingerprint density at radius 1 is 1.15 bits per heavy atom. The first-order valence-electron chi connectivity index (χ1n) is 7.74. The summed E-state index contributed by atoms with van der Waals surface area (Å²) >= 11 is 0. The molecule has 1 N–H and O–H groups in total. The number of hydrogen-bond acceptors (Lipinski definition) is 3. The van der Waals surface area contributed by atoms with E-state index in [2.05, 4.69) is 0 Å². The summed E-state index contributed by atoms with van der Waals surface area (Å²) in [6.45, 7) is 1.26. The molecular weight excluding hydrogens is 276 g/mol. The van der Waals surface area contributed by atoms with Gasteiger partial charge in [-0.15, -0.1) is 0 Å². The molecule has 4 saturated carbocycles. The molecular formula is C15H24O4S. The molecule has 4 aliphatic carbocycles. The molecule has 0 aliphatic heterocycles. The fourth-order valence-electron chi connectivity index (χ4n) is 5.60. The van der Waals surface area contributed by atoms with Crippen molar-refractivity contribution >= 4 is 15.9 Å². The summed E-state index contributed by atoms with van der Waals surface area (Å²) in [5.41, 5.74) is 0.257. The van der Waals surface area contributed by atoms with Crippen molar-refractivity contribution in [1.29, 1.82) is 0 Å². The molecule has 114 valence electrons. The second-order valence-corrected chi connectivity index (χ2v) is 9.17. The van der Waals surface area contributed by atoms with Crippen LogP contribution >= 0.6 is 0 Å². The molecule has 0 spiro atoms. The van der Waals surface area contributed by atoms with Crippen LogP contribution in [0, 0.1) is 23.2 Å². The highest BCUT2D eigenvalue weighted by Gasteiger charge is 2.50. The summed E-state index contributed by atoms with van der Waals surface area (Å²) < 4.78 is 31.9. The van der Waals surface area contributed by atoms with Gasteiger partial charge in [0.15, 0.2) is 0 Å². The molecule has 0 saturated heterocycles. The lowest BCUT2D eigenvalue weighted by atomic mass is 9.48. The van der Waals surface area contributed by atoms with Gasteiger partial charge in [-0.3, -0.25) is 9.35 Å². The Morgan fingerprint density at radius 3 is 1.95 bits per heavy atom. The Balaban J connectivity index is 1.70. The van der Waals surface area contributed by atoms with Crippen molar-refractivity contribution in [2.24, 2.45) is 23.2 Å². The van der Waals surface area contributed by atoms with Gasteiger partial charge in [-0.25, -0.2) is 0 Å². The number of carbonyl (C=O) groups excluding carboxylic acids is 1. The van der Waals surface area contributed by atoms with E-state index in [0.717, 1.165) is 24.2 Å². The quantitative estimate of drug-likeness (QED) is 0.792. The van der Waals surface area contributed by atoms with Crippen LogP contribution in [0.25, 0.3) is 0 Å². The van der Waals surface area contributed by atoms with Gasteiger partial charge in [-0.05, 0) is 81.5 Å². The molecule has 4 bridgehead atoms. The second-order valence-electron chi connectivity index (χ2n) is 7.57. The SMILES string of the molecule is CC(=O)C(CCC12CC3CC(CC(C3)C1)C2)S(=O)(=O)O. The van der Waals surface area contributed by atoms with Crippen LogP contribution in [0.5, 0.6) is 0 Å². The molecule has 5 heteroatoms. The monoisotopic (exact) mass is 300 g/mol. The van der Waals surface area contributed by atoms with Crippen LogP contribution < -0.4 is 0 Å². The lowest BCUT2D eigenvalue weighted by Gasteiger charge is -2.57. The maximum Gasteiger partial charge on any atom is 0.274 e. The van der Waals surface area contributed by atoms with Gasteiger partial charge >= 0.3 is 0 Å². The van der Waals surface area contributed by atoms with Gasteiger partial charge in [-0.1, -0.05) is 0 Å². The maximum absolute atomic E-state index is 11.5. The van der Waals surface area contributed by atoms with E-state index >= 15 is 0 Å². The van der Waals surface area contributed by atoms with Crippen molar-refractivity contribution in [2.45, 2.75) is 63.5 Å². The van der Waals surface area contributed by atoms with Gasteiger partial charge < -0.3 is 0 Å². The van der Waals surface area contributed by atoms with Crippen LogP contribution in [0.15, 0.2) is 0 Å². The smallest absolute Gasteiger partial charge is 0.274 e. The fraction of sp³-hybridized carbons (Fsp3) is 0.933. The third kappa shape index (κ3) is 2.67. The van der Waals surface area contributed by atoms with Crippen molar-refractivity contribution in [2.75, 3.05) is 0 Å². The number of carbonyl (C=O) groups is 1. The highest BCUT2D eigenvalue weighted by Crippen LogP contribution is 2.61. The molecule has 0 aromatic carbocycles. The van der Waals surface area contributed by atoms with E-state index in [-0.39, 0.29) is 5.41 Å². The molecule has 0 radical (unpaired) electrons. The normalized spacial score (nSPS) is 40.8. The summed E-state index contributed by atoms with van der Waals surface area (Å²) in [7, 11) is -4.25. The zero-order valence-electron chi connectivity index (χ0n) is 12.0. The topological polar surface area (TPSA) is 71.4 Å². The van der Waals surface area contributed by atoms with Crippen molar-refractivity contribution in [3.63, 3.8) is 0 Å². The van der Waals surface area contributed by atoms with Crippen LogP contribution in [0.4, 0.5) is 0 Å². The van der Waals surface area contributed by atoms with Crippen molar-refractivity contribution in [3.8, 4) is 0 Å². The molecule has 0 aromatic rings. The molecule has 1 atom stereocenters. The Morgan fingerprint density at radius 2 is 1.60 bits per heavy atom. The van der Waals surface area contributed by atoms with Gasteiger partial charge in [0.2, 0.25) is 0 Å². The largest absolute Gasteiger partial charge is 0.298 e. The first-order valence-corrected chi connectivity index (χ1v) is 9.24. The molecule has 0 amide bonds. The number of hydrogen-bond donors (Lipinski definition) is 1. The van der Waals surface area contributed by atoms with Gasteiger partial charge in [0.1, 0.15) is 11.0 Å². The number of ketones is 1. The molecule has 4 nitrogen and oxygen atoms in total. The lowest BCUT2D eigenvalue weighted by Crippen LogP contribution is -2.46. The Kier molecular flexibility index (Phi) is 3.49. The number of Topliss-reactive ketones (excluding diaryl/α,β-unsaturated/α-hetero) is 1. The summed E-state index contributed by atoms with van der Waals surface area (Å²) in [4.78, 5) is 11.5. The summed E-state index contributed by atoms with van der Waals surface area (Å²) in [6.07, 6.45) is 8.75. The van der Waals surface area contributed by atoms with E-state index in [1.54, 1.807) is 0 Å². The minimum atomic E-state index is -4.25. The molecule has 4 rings (SSSR count). The van der Waals surface area contributed by atoms with Gasteiger partial charge in [0, 0.05) is 0 Å². The van der Waals surface area contributed by atoms with Crippen molar-refractivity contribution in [3.05, 3.63) is 0 Å². The van der Waals surface area contributed by atoms with Crippen molar-refractivity contribution in [1.82, 2.24) is 0 Å². The zero-order chi connectivity index (χ0) is 14.5. The number of rotatable bonds is 5. The van der Waals surface area contributed by atoms with Gasteiger partial charge in [-0.2, -0.15) is 8.42 Å². The average Bonchev–Trinajstić information content (AvgIpc) is 2.23. The minimum absolute atomic E-state index is 0.257. The zero-order valence-corrected chi connectivity index (χ0v) is 12.9. The summed E-state index contributed by atoms with van der Waals surface area (Å²) in [5.74, 6) is 2.03. The average molecular weight is 300 g/mol. The van der Waals surface area contributed by atoms with Crippen LogP contribution in [0.3, 0.4) is 0 Å². The van der Waals surface area contributed by atoms with Crippen LogP contribution in [0.2, 0.25) is 0 Å². The molecule has 0 aromatic heterocycles. The molecule has 20 heavy (non-hydrogen) atoms. The predicted molar refractivity (Wildman–Crippen MR) is 75.9 cm³/mol. The molecule has 4 fully saturated rings. The first kappa shape index (κ1) is 14.5. The maximum atomic E-state index is 11.5. The summed E-state index contributed by atoms with van der Waals surface area (Å²) in [6, 6.07) is 0. The van der Waals surface area contributed by atoms with Crippen LogP contribution in [0.1, 0.15) is 58.3 Å². The Hall–Kier alpha value is -0.420. The van der Waals surface area contributed by atoms with E-state index in [1.165, 1.54) is 45.4 Å². The first-order chi connectivity index (χ1) is 9.27. The minimum Gasteiger partial charge on any atom is -0.298 e. The van der Waals surface area contributed by atoms with Crippen molar-refractivity contribution < 1.29 is 17.8 Å². The molecule has 1 unspecified atom stereocenters. The highest BCUT2D eigenvalue weighted by atomic mass is 32.2. The van der Waals surface area contributed by atoms with Crippen LogP contribution in [-0.2, 0) is 14.9 Å². The molecule has 0 heterocycles. The highest BCUT2D eigenvalue weighted by molar-refractivity contribution is 7.87.